The van der Waals surface area contributed by atoms with Crippen LogP contribution in [-0.2, 0) is 4.79 Å². The highest BCUT2D eigenvalue weighted by Crippen LogP contribution is 2.37. The van der Waals surface area contributed by atoms with E-state index in [1.54, 1.807) is 17.4 Å². The lowest BCUT2D eigenvalue weighted by atomic mass is 10.1. The molecule has 2 N–H and O–H groups in total. The molecule has 1 amide bonds. The SMILES string of the molecule is CC(=O)Nc1cc2c(-c3cc4ccccc4s3)n[nH]c2cc1F. The van der Waals surface area contributed by atoms with Crippen LogP contribution >= 0.6 is 11.3 Å². The zero-order valence-corrected chi connectivity index (χ0v) is 13.0. The van der Waals surface area contributed by atoms with Gasteiger partial charge in [-0.3, -0.25) is 9.89 Å². The molecular weight excluding hydrogens is 313 g/mol. The second kappa shape index (κ2) is 5.17. The van der Waals surface area contributed by atoms with Gasteiger partial charge in [-0.15, -0.1) is 11.3 Å². The van der Waals surface area contributed by atoms with E-state index in [1.807, 2.05) is 18.2 Å². The highest BCUT2D eigenvalue weighted by Gasteiger charge is 2.15. The maximum atomic E-state index is 14.0. The Hall–Kier alpha value is -2.73. The number of thiophene rings is 1. The Labute approximate surface area is 134 Å². The molecule has 0 aliphatic rings. The zero-order valence-electron chi connectivity index (χ0n) is 12.2. The van der Waals surface area contributed by atoms with Crippen LogP contribution in [0.3, 0.4) is 0 Å². The van der Waals surface area contributed by atoms with Crippen molar-refractivity contribution in [2.24, 2.45) is 0 Å². The standard InChI is InChI=1S/C17H12FN3OS/c1-9(22)19-14-7-11-13(8-12(14)18)20-21-17(11)16-6-10-4-2-3-5-15(10)23-16/h2-8H,1H3,(H,19,22)(H,20,21). The number of hydrogen-bond acceptors (Lipinski definition) is 3. The fraction of sp³-hybridized carbons (Fsp3) is 0.0588. The third-order valence-electron chi connectivity index (χ3n) is 3.62. The van der Waals surface area contributed by atoms with Crippen molar-refractivity contribution in [2.45, 2.75) is 6.92 Å². The Morgan fingerprint density at radius 1 is 1.26 bits per heavy atom. The Balaban J connectivity index is 1.91. The first-order valence-electron chi connectivity index (χ1n) is 7.06. The molecule has 23 heavy (non-hydrogen) atoms. The summed E-state index contributed by atoms with van der Waals surface area (Å²) in [7, 11) is 0. The van der Waals surface area contributed by atoms with Crippen molar-refractivity contribution >= 4 is 43.9 Å². The van der Waals surface area contributed by atoms with Crippen molar-refractivity contribution in [2.75, 3.05) is 5.32 Å². The first-order valence-corrected chi connectivity index (χ1v) is 7.87. The Morgan fingerprint density at radius 3 is 2.87 bits per heavy atom. The summed E-state index contributed by atoms with van der Waals surface area (Å²) in [6, 6.07) is 13.1. The molecule has 0 saturated carbocycles. The molecular formula is C17H12FN3OS. The summed E-state index contributed by atoms with van der Waals surface area (Å²) < 4.78 is 15.2. The number of fused-ring (bicyclic) bond motifs is 2. The zero-order chi connectivity index (χ0) is 16.0. The molecule has 0 radical (unpaired) electrons. The lowest BCUT2D eigenvalue weighted by Crippen LogP contribution is -2.07. The van der Waals surface area contributed by atoms with Gasteiger partial charge < -0.3 is 5.32 Å². The first-order chi connectivity index (χ1) is 11.1. The van der Waals surface area contributed by atoms with Crippen LogP contribution in [0.5, 0.6) is 0 Å². The van der Waals surface area contributed by atoms with Crippen LogP contribution in [0.2, 0.25) is 0 Å². The van der Waals surface area contributed by atoms with Gasteiger partial charge in [0.1, 0.15) is 11.5 Å². The van der Waals surface area contributed by atoms with Crippen molar-refractivity contribution in [3.8, 4) is 10.6 Å². The number of aromatic nitrogens is 2. The molecule has 0 aliphatic carbocycles. The van der Waals surface area contributed by atoms with E-state index in [2.05, 4.69) is 27.6 Å². The molecule has 114 valence electrons. The summed E-state index contributed by atoms with van der Waals surface area (Å²) >= 11 is 1.63. The summed E-state index contributed by atoms with van der Waals surface area (Å²) in [5, 5.41) is 11.6. The number of nitrogens with one attached hydrogen (secondary N) is 2. The van der Waals surface area contributed by atoms with Crippen molar-refractivity contribution in [1.82, 2.24) is 10.2 Å². The van der Waals surface area contributed by atoms with Crippen molar-refractivity contribution in [1.29, 1.82) is 0 Å². The second-order valence-corrected chi connectivity index (χ2v) is 6.36. The van der Waals surface area contributed by atoms with Crippen LogP contribution in [0, 0.1) is 5.82 Å². The molecule has 0 spiro atoms. The number of carbonyl (C=O) groups excluding carboxylic acids is 1. The summed E-state index contributed by atoms with van der Waals surface area (Å²) in [5.74, 6) is -0.797. The van der Waals surface area contributed by atoms with E-state index < -0.39 is 5.82 Å². The smallest absolute Gasteiger partial charge is 0.221 e. The molecule has 0 bridgehead atoms. The van der Waals surface area contributed by atoms with Gasteiger partial charge in [-0.05, 0) is 23.6 Å². The average molecular weight is 325 g/mol. The number of amides is 1. The van der Waals surface area contributed by atoms with E-state index in [0.29, 0.717) is 5.52 Å². The van der Waals surface area contributed by atoms with E-state index in [0.717, 1.165) is 21.3 Å². The first kappa shape index (κ1) is 13.9. The monoisotopic (exact) mass is 325 g/mol. The predicted molar refractivity (Wildman–Crippen MR) is 91.2 cm³/mol. The van der Waals surface area contributed by atoms with E-state index in [9.17, 15) is 9.18 Å². The molecule has 2 heterocycles. The van der Waals surface area contributed by atoms with Gasteiger partial charge in [0.15, 0.2) is 0 Å². The average Bonchev–Trinajstić information content (AvgIpc) is 3.10. The molecule has 0 atom stereocenters. The largest absolute Gasteiger partial charge is 0.324 e. The minimum Gasteiger partial charge on any atom is -0.324 e. The minimum atomic E-state index is -0.487. The Kier molecular flexibility index (Phi) is 3.12. The quantitative estimate of drug-likeness (QED) is 0.568. The number of halogens is 1. The topological polar surface area (TPSA) is 57.8 Å². The molecule has 0 fully saturated rings. The lowest BCUT2D eigenvalue weighted by Gasteiger charge is -2.04. The second-order valence-electron chi connectivity index (χ2n) is 5.28. The highest BCUT2D eigenvalue weighted by molar-refractivity contribution is 7.22. The molecule has 2 aromatic heterocycles. The molecule has 2 aromatic carbocycles. The molecule has 0 aliphatic heterocycles. The van der Waals surface area contributed by atoms with Gasteiger partial charge in [0.05, 0.1) is 16.1 Å². The molecule has 4 nitrogen and oxygen atoms in total. The third kappa shape index (κ3) is 2.37. The fourth-order valence-electron chi connectivity index (χ4n) is 2.61. The van der Waals surface area contributed by atoms with E-state index in [1.165, 1.54) is 17.7 Å². The van der Waals surface area contributed by atoms with Crippen molar-refractivity contribution in [3.63, 3.8) is 0 Å². The Bertz CT molecular complexity index is 1020. The number of carbonyl (C=O) groups is 1. The molecule has 4 rings (SSSR count). The van der Waals surface area contributed by atoms with Gasteiger partial charge in [-0.1, -0.05) is 18.2 Å². The van der Waals surface area contributed by atoms with E-state index in [4.69, 9.17) is 0 Å². The number of rotatable bonds is 2. The maximum Gasteiger partial charge on any atom is 0.221 e. The number of aromatic amines is 1. The summed E-state index contributed by atoms with van der Waals surface area (Å²) in [6.45, 7) is 1.35. The van der Waals surface area contributed by atoms with Gasteiger partial charge in [-0.25, -0.2) is 4.39 Å². The van der Waals surface area contributed by atoms with Crippen LogP contribution in [0.15, 0.2) is 42.5 Å². The molecule has 0 unspecified atom stereocenters. The normalized spacial score (nSPS) is 11.2. The van der Waals surface area contributed by atoms with Crippen LogP contribution in [0.1, 0.15) is 6.92 Å². The van der Waals surface area contributed by atoms with Gasteiger partial charge in [0, 0.05) is 23.1 Å². The van der Waals surface area contributed by atoms with Crippen LogP contribution in [0.4, 0.5) is 10.1 Å². The summed E-state index contributed by atoms with van der Waals surface area (Å²) in [6.07, 6.45) is 0. The van der Waals surface area contributed by atoms with Gasteiger partial charge >= 0.3 is 0 Å². The van der Waals surface area contributed by atoms with Crippen LogP contribution < -0.4 is 5.32 Å². The third-order valence-corrected chi connectivity index (χ3v) is 4.74. The number of hydrogen-bond donors (Lipinski definition) is 2. The highest BCUT2D eigenvalue weighted by atomic mass is 32.1. The predicted octanol–water partition coefficient (Wildman–Crippen LogP) is 4.54. The fourth-order valence-corrected chi connectivity index (χ4v) is 3.68. The molecule has 4 aromatic rings. The van der Waals surface area contributed by atoms with Gasteiger partial charge in [0.2, 0.25) is 5.91 Å². The van der Waals surface area contributed by atoms with E-state index in [-0.39, 0.29) is 11.6 Å². The molecule has 6 heteroatoms. The van der Waals surface area contributed by atoms with Gasteiger partial charge in [-0.2, -0.15) is 5.10 Å². The minimum absolute atomic E-state index is 0.161. The molecule has 0 saturated heterocycles. The maximum absolute atomic E-state index is 14.0. The number of anilines is 1. The van der Waals surface area contributed by atoms with Crippen molar-refractivity contribution < 1.29 is 9.18 Å². The summed E-state index contributed by atoms with van der Waals surface area (Å²) in [4.78, 5) is 12.2. The number of nitrogens with zero attached hydrogens (tertiary/aromatic N) is 1. The Morgan fingerprint density at radius 2 is 2.09 bits per heavy atom. The van der Waals surface area contributed by atoms with E-state index >= 15 is 0 Å². The van der Waals surface area contributed by atoms with Gasteiger partial charge in [0.25, 0.3) is 0 Å². The number of H-pyrrole nitrogens is 1. The van der Waals surface area contributed by atoms with Crippen molar-refractivity contribution in [3.05, 3.63) is 48.3 Å². The lowest BCUT2D eigenvalue weighted by molar-refractivity contribution is -0.114. The number of benzene rings is 2. The van der Waals surface area contributed by atoms with Crippen LogP contribution in [-0.4, -0.2) is 16.1 Å². The summed E-state index contributed by atoms with van der Waals surface area (Å²) in [5.41, 5.74) is 1.52. The van der Waals surface area contributed by atoms with Crippen LogP contribution in [0.25, 0.3) is 31.6 Å².